The van der Waals surface area contributed by atoms with Gasteiger partial charge in [-0.15, -0.1) is 0 Å². The summed E-state index contributed by atoms with van der Waals surface area (Å²) in [6.45, 7) is 4.79. The van der Waals surface area contributed by atoms with Crippen LogP contribution in [0.5, 0.6) is 0 Å². The first kappa shape index (κ1) is 24.0. The summed E-state index contributed by atoms with van der Waals surface area (Å²) >= 11 is 0. The van der Waals surface area contributed by atoms with E-state index in [9.17, 15) is 17.6 Å². The number of pyridine rings is 1. The Morgan fingerprint density at radius 2 is 1.97 bits per heavy atom. The maximum absolute atomic E-state index is 14.2. The number of fused-ring (bicyclic) bond motifs is 1. The minimum absolute atomic E-state index is 0.0860. The molecule has 1 aromatic heterocycles. The molecule has 2 aromatic carbocycles. The molecular weight excluding hydrogens is 453 g/mol. The van der Waals surface area contributed by atoms with Gasteiger partial charge in [-0.1, -0.05) is 37.3 Å². The molecule has 1 aliphatic rings. The van der Waals surface area contributed by atoms with Gasteiger partial charge in [0, 0.05) is 42.7 Å². The Kier molecular flexibility index (Phi) is 7.09. The number of rotatable bonds is 7. The molecule has 178 valence electrons. The Hall–Kier alpha value is -3.10. The highest BCUT2D eigenvalue weighted by Gasteiger charge is 2.25. The van der Waals surface area contributed by atoms with Crippen molar-refractivity contribution in [3.63, 3.8) is 0 Å². The van der Waals surface area contributed by atoms with E-state index in [0.29, 0.717) is 42.6 Å². The van der Waals surface area contributed by atoms with E-state index in [1.807, 2.05) is 13.8 Å². The first-order valence-corrected chi connectivity index (χ1v) is 13.0. The molecule has 0 unspecified atom stereocenters. The molecule has 6 nitrogen and oxygen atoms in total. The minimum atomic E-state index is -3.33. The molecule has 0 bridgehead atoms. The van der Waals surface area contributed by atoms with Gasteiger partial charge >= 0.3 is 0 Å². The minimum Gasteiger partial charge on any atom is -0.334 e. The molecule has 0 saturated heterocycles. The standard InChI is InChI=1S/C26H28FN3O3S/c1-3-13-34(32,33)29-16-24-18(2)28-15-21-17-30(12-11-22(21)24)26(31)20-8-6-7-19(14-20)23-9-4-5-10-25(23)27/h4-10,14-15,29H,3,11-13,16-17H2,1-2H3. The fourth-order valence-electron chi connectivity index (χ4n) is 4.35. The van der Waals surface area contributed by atoms with Crippen LogP contribution in [0, 0.1) is 12.7 Å². The van der Waals surface area contributed by atoms with Crippen molar-refractivity contribution < 1.29 is 17.6 Å². The second kappa shape index (κ2) is 10.0. The molecule has 0 fully saturated rings. The maximum Gasteiger partial charge on any atom is 0.254 e. The first-order valence-electron chi connectivity index (χ1n) is 11.4. The third-order valence-corrected chi connectivity index (χ3v) is 7.65. The number of aromatic nitrogens is 1. The van der Waals surface area contributed by atoms with E-state index in [-0.39, 0.29) is 24.0 Å². The summed E-state index contributed by atoms with van der Waals surface area (Å²) in [6.07, 6.45) is 2.93. The van der Waals surface area contributed by atoms with Gasteiger partial charge in [-0.25, -0.2) is 17.5 Å². The zero-order valence-electron chi connectivity index (χ0n) is 19.3. The van der Waals surface area contributed by atoms with Gasteiger partial charge in [0.2, 0.25) is 10.0 Å². The molecule has 8 heteroatoms. The van der Waals surface area contributed by atoms with Crippen molar-refractivity contribution in [3.8, 4) is 11.1 Å². The Labute approximate surface area is 199 Å². The van der Waals surface area contributed by atoms with Crippen LogP contribution < -0.4 is 4.72 Å². The van der Waals surface area contributed by atoms with Crippen LogP contribution in [-0.2, 0) is 29.5 Å². The van der Waals surface area contributed by atoms with Crippen LogP contribution in [0.15, 0.2) is 54.7 Å². The predicted octanol–water partition coefficient (Wildman–Crippen LogP) is 4.22. The molecular formula is C26H28FN3O3S. The van der Waals surface area contributed by atoms with E-state index < -0.39 is 10.0 Å². The highest BCUT2D eigenvalue weighted by molar-refractivity contribution is 7.89. The van der Waals surface area contributed by atoms with Crippen LogP contribution in [0.4, 0.5) is 4.39 Å². The molecule has 0 spiro atoms. The number of sulfonamides is 1. The lowest BCUT2D eigenvalue weighted by Crippen LogP contribution is -2.37. The smallest absolute Gasteiger partial charge is 0.254 e. The van der Waals surface area contributed by atoms with Crippen molar-refractivity contribution in [1.82, 2.24) is 14.6 Å². The summed E-state index contributed by atoms with van der Waals surface area (Å²) in [5, 5.41) is 0. The highest BCUT2D eigenvalue weighted by Crippen LogP contribution is 2.27. The predicted molar refractivity (Wildman–Crippen MR) is 130 cm³/mol. The number of carbonyl (C=O) groups is 1. The van der Waals surface area contributed by atoms with Gasteiger partial charge in [-0.2, -0.15) is 0 Å². The number of hydrogen-bond acceptors (Lipinski definition) is 4. The lowest BCUT2D eigenvalue weighted by atomic mass is 9.94. The summed E-state index contributed by atoms with van der Waals surface area (Å²) in [5.41, 5.74) is 5.24. The summed E-state index contributed by atoms with van der Waals surface area (Å²) < 4.78 is 41.2. The van der Waals surface area contributed by atoms with E-state index in [4.69, 9.17) is 0 Å². The fraction of sp³-hybridized carbons (Fsp3) is 0.308. The van der Waals surface area contributed by atoms with Gasteiger partial charge in [0.1, 0.15) is 5.82 Å². The number of hydrogen-bond donors (Lipinski definition) is 1. The Morgan fingerprint density at radius 3 is 2.74 bits per heavy atom. The topological polar surface area (TPSA) is 79.4 Å². The molecule has 0 saturated carbocycles. The van der Waals surface area contributed by atoms with Crippen molar-refractivity contribution in [1.29, 1.82) is 0 Å². The van der Waals surface area contributed by atoms with E-state index in [0.717, 1.165) is 22.4 Å². The number of aryl methyl sites for hydroxylation is 1. The molecule has 3 aromatic rings. The molecule has 0 aliphatic carbocycles. The number of nitrogens with zero attached hydrogens (tertiary/aromatic N) is 2. The quantitative estimate of drug-likeness (QED) is 0.548. The normalized spacial score (nSPS) is 13.6. The van der Waals surface area contributed by atoms with Gasteiger partial charge in [-0.05, 0) is 60.2 Å². The van der Waals surface area contributed by atoms with Crippen molar-refractivity contribution in [3.05, 3.63) is 88.5 Å². The average Bonchev–Trinajstić information content (AvgIpc) is 2.83. The molecule has 1 amide bonds. The summed E-state index contributed by atoms with van der Waals surface area (Å²) in [7, 11) is -3.33. The highest BCUT2D eigenvalue weighted by atomic mass is 32.2. The van der Waals surface area contributed by atoms with Gasteiger partial charge in [0.25, 0.3) is 5.91 Å². The molecule has 0 radical (unpaired) electrons. The fourth-order valence-corrected chi connectivity index (χ4v) is 5.40. The Morgan fingerprint density at radius 1 is 1.18 bits per heavy atom. The van der Waals surface area contributed by atoms with Gasteiger partial charge in [0.05, 0.1) is 5.75 Å². The second-order valence-electron chi connectivity index (χ2n) is 8.50. The van der Waals surface area contributed by atoms with Gasteiger partial charge < -0.3 is 4.90 Å². The van der Waals surface area contributed by atoms with Crippen molar-refractivity contribution >= 4 is 15.9 Å². The Bertz CT molecular complexity index is 1320. The van der Waals surface area contributed by atoms with Crippen molar-refractivity contribution in [2.75, 3.05) is 12.3 Å². The Balaban J connectivity index is 1.54. The van der Waals surface area contributed by atoms with Crippen LogP contribution in [-0.4, -0.2) is 36.5 Å². The van der Waals surface area contributed by atoms with E-state index >= 15 is 0 Å². The molecule has 2 heterocycles. The summed E-state index contributed by atoms with van der Waals surface area (Å²) in [5.74, 6) is -0.375. The van der Waals surface area contributed by atoms with Crippen LogP contribution >= 0.6 is 0 Å². The van der Waals surface area contributed by atoms with E-state index in [2.05, 4.69) is 9.71 Å². The number of carbonyl (C=O) groups excluding carboxylic acids is 1. The van der Waals surface area contributed by atoms with Crippen molar-refractivity contribution in [2.45, 2.75) is 39.8 Å². The monoisotopic (exact) mass is 481 g/mol. The first-order chi connectivity index (χ1) is 16.3. The molecule has 1 aliphatic heterocycles. The van der Waals surface area contributed by atoms with E-state index in [1.165, 1.54) is 6.07 Å². The van der Waals surface area contributed by atoms with Crippen LogP contribution in [0.2, 0.25) is 0 Å². The van der Waals surface area contributed by atoms with Crippen LogP contribution in [0.3, 0.4) is 0 Å². The number of benzene rings is 2. The number of nitrogens with one attached hydrogen (secondary N) is 1. The SMILES string of the molecule is CCCS(=O)(=O)NCc1c(C)ncc2c1CCN(C(=O)c1cccc(-c3ccccc3F)c1)C2. The average molecular weight is 482 g/mol. The third-order valence-electron chi connectivity index (χ3n) is 6.12. The maximum atomic E-state index is 14.2. The van der Waals surface area contributed by atoms with Crippen molar-refractivity contribution in [2.24, 2.45) is 0 Å². The zero-order chi connectivity index (χ0) is 24.3. The molecule has 34 heavy (non-hydrogen) atoms. The van der Waals surface area contributed by atoms with Crippen LogP contribution in [0.1, 0.15) is 46.1 Å². The van der Waals surface area contributed by atoms with E-state index in [1.54, 1.807) is 53.6 Å². The van der Waals surface area contributed by atoms with Crippen LogP contribution in [0.25, 0.3) is 11.1 Å². The molecule has 1 N–H and O–H groups in total. The zero-order valence-corrected chi connectivity index (χ0v) is 20.2. The lowest BCUT2D eigenvalue weighted by molar-refractivity contribution is 0.0734. The lowest BCUT2D eigenvalue weighted by Gasteiger charge is -2.30. The van der Waals surface area contributed by atoms with Gasteiger partial charge in [0.15, 0.2) is 0 Å². The third kappa shape index (κ3) is 5.18. The summed E-state index contributed by atoms with van der Waals surface area (Å²) in [4.78, 5) is 19.5. The second-order valence-corrected chi connectivity index (χ2v) is 10.4. The summed E-state index contributed by atoms with van der Waals surface area (Å²) in [6, 6.07) is 13.5. The number of amides is 1. The molecule has 4 rings (SSSR count). The van der Waals surface area contributed by atoms with Gasteiger partial charge in [-0.3, -0.25) is 9.78 Å². The largest absolute Gasteiger partial charge is 0.334 e. The molecule has 0 atom stereocenters. The number of halogens is 1.